The molecule has 7 aromatic rings. The van der Waals surface area contributed by atoms with Crippen molar-refractivity contribution in [1.82, 2.24) is 54.3 Å². The number of thioether (sulfide) groups is 7. The Hall–Kier alpha value is -4.64. The summed E-state index contributed by atoms with van der Waals surface area (Å²) in [5, 5.41) is 20.9. The highest BCUT2D eigenvalue weighted by atomic mass is 35.7. The highest BCUT2D eigenvalue weighted by molar-refractivity contribution is 8.13. The number of rotatable bonds is 25. The van der Waals surface area contributed by atoms with Gasteiger partial charge in [0.2, 0.25) is 26.8 Å². The molecule has 5 N–H and O–H groups in total. The number of carbonyl (C=O) groups excluding carboxylic acids is 3. The fourth-order valence-corrected chi connectivity index (χ4v) is 16.2. The predicted molar refractivity (Wildman–Crippen MR) is 427 cm³/mol. The highest BCUT2D eigenvalue weighted by Gasteiger charge is 2.36. The van der Waals surface area contributed by atoms with Gasteiger partial charge in [0, 0.05) is 146 Å². The molecule has 0 unspecified atom stereocenters. The van der Waals surface area contributed by atoms with E-state index in [4.69, 9.17) is 18.1 Å². The van der Waals surface area contributed by atoms with Gasteiger partial charge in [-0.1, -0.05) is 23.9 Å². The molecule has 0 atom stereocenters. The smallest absolute Gasteiger partial charge is 0.420 e. The molecule has 108 heavy (non-hydrogen) atoms. The molecular weight excluding hydrogens is 1630 g/mol. The molecule has 0 spiro atoms. The third kappa shape index (κ3) is 31.0. The number of halogens is 7. The average molecular weight is 1720 g/mol. The number of H-pyrrole nitrogens is 1. The van der Waals surface area contributed by atoms with E-state index in [1.807, 2.05) is 76.5 Å². The zero-order chi connectivity index (χ0) is 79.7. The molecule has 3 aliphatic heterocycles. The zero-order valence-electron chi connectivity index (χ0n) is 61.3. The van der Waals surface area contributed by atoms with Gasteiger partial charge in [0.25, 0.3) is 20.2 Å². The Labute approximate surface area is 664 Å². The summed E-state index contributed by atoms with van der Waals surface area (Å²) in [6.07, 6.45) is 4.92. The maximum atomic E-state index is 13.2. The molecule has 10 rings (SSSR count). The summed E-state index contributed by atoms with van der Waals surface area (Å²) in [7, 11) is -2.09. The van der Waals surface area contributed by atoms with Crippen LogP contribution in [0.5, 0.6) is 0 Å². The topological polar surface area (TPSA) is 298 Å². The first-order valence-electron chi connectivity index (χ1n) is 33.1. The summed E-state index contributed by atoms with van der Waals surface area (Å²) in [4.78, 5) is 74.1. The third-order valence-corrected chi connectivity index (χ3v) is 21.9. The van der Waals surface area contributed by atoms with E-state index in [2.05, 4.69) is 93.2 Å². The van der Waals surface area contributed by atoms with Gasteiger partial charge in [-0.05, 0) is 113 Å². The highest BCUT2D eigenvalue weighted by Crippen LogP contribution is 2.39. The predicted octanol–water partition coefficient (Wildman–Crippen LogP) is 11.8. The first-order valence-corrected chi connectivity index (χ1v) is 46.4. The number of hydrogen-bond donors (Lipinski definition) is 5. The molecule has 3 aliphatic rings. The Morgan fingerprint density at radius 1 is 0.556 bits per heavy atom. The van der Waals surface area contributed by atoms with E-state index in [-0.39, 0.29) is 63.2 Å². The number of benzene rings is 2. The zero-order valence-corrected chi connectivity index (χ0v) is 70.2. The lowest BCUT2D eigenvalue weighted by molar-refractivity contribution is -0.137. The summed E-state index contributed by atoms with van der Waals surface area (Å²) in [6, 6.07) is 13.6. The maximum absolute atomic E-state index is 13.2. The van der Waals surface area contributed by atoms with E-state index < -0.39 is 42.6 Å². The molecule has 0 bridgehead atoms. The number of nitrogens with one attached hydrogen (secondary N) is 4. The van der Waals surface area contributed by atoms with Gasteiger partial charge in [-0.25, -0.2) is 28.4 Å². The average Bonchev–Trinajstić information content (AvgIpc) is 1.64. The second-order valence-electron chi connectivity index (χ2n) is 24.2. The molecular formula is C66H89ClF6N14O11S10. The number of aliphatic hydroxyl groups excluding tert-OH is 1. The van der Waals surface area contributed by atoms with Crippen LogP contribution in [0.2, 0.25) is 0 Å². The van der Waals surface area contributed by atoms with Crippen LogP contribution < -0.4 is 16.0 Å². The first kappa shape index (κ1) is 92.2. The van der Waals surface area contributed by atoms with Gasteiger partial charge in [-0.3, -0.25) is 48.0 Å². The lowest BCUT2D eigenvalue weighted by Crippen LogP contribution is -2.49. The fourth-order valence-electron chi connectivity index (χ4n) is 10.9. The minimum absolute atomic E-state index is 0.00172. The number of para-hydroxylation sites is 2. The largest absolute Gasteiger partial charge is 0.431 e. The Bertz CT molecular complexity index is 4330. The number of aromatic nitrogens is 5. The Morgan fingerprint density at radius 2 is 0.917 bits per heavy atom. The number of fused-ring (bicyclic) bond motifs is 2. The van der Waals surface area contributed by atoms with E-state index in [0.29, 0.717) is 38.5 Å². The number of piperazine rings is 3. The quantitative estimate of drug-likeness (QED) is 0.0117. The number of aromatic amines is 1. The number of nitrogens with zero attached hydrogens (tertiary/aromatic N) is 10. The van der Waals surface area contributed by atoms with Crippen molar-refractivity contribution in [2.45, 2.75) is 68.1 Å². The van der Waals surface area contributed by atoms with Crippen molar-refractivity contribution < 1.29 is 75.7 Å². The van der Waals surface area contributed by atoms with Crippen LogP contribution >= 0.6 is 105 Å². The third-order valence-electron chi connectivity index (χ3n) is 16.0. The number of pyridine rings is 3. The number of amides is 3. The van der Waals surface area contributed by atoms with Gasteiger partial charge >= 0.3 is 12.4 Å². The van der Waals surface area contributed by atoms with Gasteiger partial charge in [0.1, 0.15) is 31.7 Å². The minimum atomic E-state index is -4.48. The molecule has 3 amide bonds. The van der Waals surface area contributed by atoms with Crippen molar-refractivity contribution in [1.29, 1.82) is 0 Å². The summed E-state index contributed by atoms with van der Waals surface area (Å²) < 4.78 is 133. The molecule has 3 fully saturated rings. The van der Waals surface area contributed by atoms with E-state index in [1.165, 1.54) is 59.6 Å². The van der Waals surface area contributed by atoms with E-state index in [9.17, 15) is 57.6 Å². The second-order valence-corrected chi connectivity index (χ2v) is 35.2. The normalized spacial score (nSPS) is 15.2. The summed E-state index contributed by atoms with van der Waals surface area (Å²) in [5.41, 5.74) is 3.56. The monoisotopic (exact) mass is 1720 g/mol. The molecule has 2 aromatic carbocycles. The number of aliphatic hydroxyl groups is 1. The van der Waals surface area contributed by atoms with Crippen LogP contribution in [-0.2, 0) is 50.1 Å². The number of carbonyl (C=O) groups is 3. The van der Waals surface area contributed by atoms with Crippen molar-refractivity contribution in [3.63, 3.8) is 0 Å². The van der Waals surface area contributed by atoms with Crippen LogP contribution in [0.15, 0.2) is 98.4 Å². The van der Waals surface area contributed by atoms with Crippen LogP contribution in [0.1, 0.15) is 28.2 Å². The standard InChI is InChI=1S/C24H28F3N5O2S3.C17H28N4O4S3.C16H26N4O2S2.C8H4F3NOS.CH3ClO2S/c1-15-13-18(35-2)20(22(28-15)36-3)30-19(33)14-32-9-7-31(8-10-32)11-12-37-23-29-17-6-4-5-16(21(17)34-23)24(25,26)27;1-13-11-14(26-2)16(17(18-13)27-3)19-15(22)12-21-7-5-20(6-8-21)9-10-25-28(4,23)24;1-12-10-13(23-2)15(16(17-12)24-3)18-14(22)11-20-6-4-19(5-7-20)8-9-21;9-8(10,11)4-2-1-3-5-6(4)13-7(14)12-5;1-5(2,3)4/h4-6,13H,7-12,14H2,1-3H3,(H,30,33);11H,5-10,12H2,1-4H3,(H,19,22);10,21H,4-9,11H2,1-3H3,(H,18,22);1-3H,(H,12,14);1H3. The van der Waals surface area contributed by atoms with E-state index >= 15 is 0 Å². The number of alkyl halides is 6. The molecule has 598 valence electrons. The molecule has 3 saturated heterocycles. The van der Waals surface area contributed by atoms with Crippen molar-refractivity contribution in [2.75, 3.05) is 203 Å². The van der Waals surface area contributed by atoms with E-state index in [0.717, 1.165) is 174 Å². The Morgan fingerprint density at radius 3 is 1.28 bits per heavy atom. The number of aryl methyl sites for hydroxylation is 3. The van der Waals surface area contributed by atoms with Crippen LogP contribution in [-0.4, -0.2) is 281 Å². The first-order chi connectivity index (χ1) is 50.9. The summed E-state index contributed by atoms with van der Waals surface area (Å²) in [6.45, 7) is 18.9. The van der Waals surface area contributed by atoms with Crippen LogP contribution in [0.25, 0.3) is 22.2 Å². The van der Waals surface area contributed by atoms with Crippen LogP contribution in [0.3, 0.4) is 0 Å². The summed E-state index contributed by atoms with van der Waals surface area (Å²) >= 11 is 15.3. The minimum Gasteiger partial charge on any atom is -0.431 e. The van der Waals surface area contributed by atoms with Gasteiger partial charge in [-0.2, -0.15) is 34.8 Å². The fraction of sp³-hybridized carbons (Fsp3) is 0.515. The number of hydrogen-bond acceptors (Lipinski definition) is 29. The molecule has 25 nitrogen and oxygen atoms in total. The molecule has 5 aromatic heterocycles. The molecule has 0 radical (unpaired) electrons. The van der Waals surface area contributed by atoms with Gasteiger partial charge in [0.05, 0.1) is 67.9 Å². The SMILES string of the molecule is CS(=O)(=O)Cl.CSc1cc(C)nc(SC)c1NC(=O)CN1CCN(CCO)CC1.CSc1cc(C)nc(SC)c1NC(=O)CN1CCN(CCOS(C)(=O)=O)CC1.CSc1cc(C)nc(SC)c1NC(=O)CN1CCN(CCSc2nc3cccc(C(F)(F)F)c3o2)CC1.FC(F)(F)c1cccc2[nH]c(=S)oc12. The Kier molecular flexibility index (Phi) is 37.7. The van der Waals surface area contributed by atoms with E-state index in [1.54, 1.807) is 47.0 Å². The molecule has 0 saturated carbocycles. The lowest BCUT2D eigenvalue weighted by Gasteiger charge is -2.34. The maximum Gasteiger partial charge on any atom is 0.420 e. The molecule has 0 aliphatic carbocycles. The van der Waals surface area contributed by atoms with Crippen LogP contribution in [0.4, 0.5) is 43.4 Å². The number of β-amino-alcohol motifs (C(OH)–C–C–N with tert-alkyl or cyclic N) is 1. The number of oxazole rings is 2. The molecule has 8 heterocycles. The van der Waals surface area contributed by atoms with Gasteiger partial charge in [0.15, 0.2) is 11.2 Å². The van der Waals surface area contributed by atoms with Crippen molar-refractivity contribution in [2.24, 2.45) is 0 Å². The number of anilines is 3. The van der Waals surface area contributed by atoms with Crippen molar-refractivity contribution in [3.8, 4) is 0 Å². The second kappa shape index (κ2) is 44.1. The van der Waals surface area contributed by atoms with Crippen LogP contribution in [0, 0.1) is 25.6 Å². The summed E-state index contributed by atoms with van der Waals surface area (Å²) in [5.74, 6) is 0.533. The van der Waals surface area contributed by atoms with Gasteiger partial charge < -0.3 is 34.9 Å². The Balaban J connectivity index is 0.000000230. The molecule has 42 heteroatoms. The lowest BCUT2D eigenvalue weighted by atomic mass is 10.2. The van der Waals surface area contributed by atoms with Crippen molar-refractivity contribution in [3.05, 3.63) is 87.6 Å². The van der Waals surface area contributed by atoms with Crippen molar-refractivity contribution >= 4 is 181 Å². The van der Waals surface area contributed by atoms with Gasteiger partial charge in [-0.15, -0.1) is 70.6 Å².